The molecule has 1 aliphatic rings. The zero-order chi connectivity index (χ0) is 11.5. The average Bonchev–Trinajstić information content (AvgIpc) is 2.33. The van der Waals surface area contributed by atoms with Crippen LogP contribution < -0.4 is 4.90 Å². The van der Waals surface area contributed by atoms with Gasteiger partial charge in [0.25, 0.3) is 0 Å². The van der Waals surface area contributed by atoms with Crippen molar-refractivity contribution in [2.45, 2.75) is 20.0 Å². The van der Waals surface area contributed by atoms with Gasteiger partial charge in [0.1, 0.15) is 5.82 Å². The molecule has 0 N–H and O–H groups in total. The second kappa shape index (κ2) is 5.10. The van der Waals surface area contributed by atoms with E-state index < -0.39 is 0 Å². The lowest BCUT2D eigenvalue weighted by Gasteiger charge is -2.32. The number of aryl methyl sites for hydroxylation is 2. The highest BCUT2D eigenvalue weighted by Crippen LogP contribution is 2.16. The van der Waals surface area contributed by atoms with Crippen LogP contribution in [0.3, 0.4) is 0 Å². The van der Waals surface area contributed by atoms with Crippen LogP contribution in [-0.2, 0) is 4.74 Å². The molecule has 2 rings (SSSR count). The highest BCUT2D eigenvalue weighted by Gasteiger charge is 2.20. The van der Waals surface area contributed by atoms with E-state index in [-0.39, 0.29) is 6.10 Å². The summed E-state index contributed by atoms with van der Waals surface area (Å²) in [4.78, 5) is 11.1. The number of hydrogen-bond acceptors (Lipinski definition) is 4. The Labute approximate surface area is 104 Å². The van der Waals surface area contributed by atoms with E-state index in [4.69, 9.17) is 4.74 Å². The van der Waals surface area contributed by atoms with Crippen molar-refractivity contribution in [3.8, 4) is 0 Å². The Morgan fingerprint density at radius 3 is 3.00 bits per heavy atom. The molecule has 1 saturated heterocycles. The van der Waals surface area contributed by atoms with Crippen LogP contribution >= 0.6 is 15.9 Å². The van der Waals surface area contributed by atoms with Crippen molar-refractivity contribution in [1.82, 2.24) is 9.97 Å². The van der Waals surface area contributed by atoms with Gasteiger partial charge in [-0.2, -0.15) is 0 Å². The quantitative estimate of drug-likeness (QED) is 0.776. The Morgan fingerprint density at radius 1 is 1.50 bits per heavy atom. The Bertz CT molecular complexity index is 372. The third kappa shape index (κ3) is 2.52. The Kier molecular flexibility index (Phi) is 3.76. The largest absolute Gasteiger partial charge is 0.374 e. The summed E-state index contributed by atoms with van der Waals surface area (Å²) in [7, 11) is 0. The molecule has 0 radical (unpaired) electrons. The van der Waals surface area contributed by atoms with Gasteiger partial charge in [-0.1, -0.05) is 15.9 Å². The molecule has 1 atom stereocenters. The molecule has 1 aromatic rings. The first-order valence-electron chi connectivity index (χ1n) is 5.43. The molecule has 16 heavy (non-hydrogen) atoms. The second-order valence-electron chi connectivity index (χ2n) is 3.99. The van der Waals surface area contributed by atoms with Gasteiger partial charge in [0.15, 0.2) is 0 Å². The lowest BCUT2D eigenvalue weighted by molar-refractivity contribution is 0.0568. The minimum absolute atomic E-state index is 0.247. The van der Waals surface area contributed by atoms with Gasteiger partial charge in [0, 0.05) is 18.4 Å². The number of hydrogen-bond donors (Lipinski definition) is 0. The molecule has 0 aromatic carbocycles. The van der Waals surface area contributed by atoms with E-state index in [0.29, 0.717) is 0 Å². The van der Waals surface area contributed by atoms with Crippen LogP contribution in [0.4, 0.5) is 5.82 Å². The van der Waals surface area contributed by atoms with Gasteiger partial charge in [-0.15, -0.1) is 0 Å². The van der Waals surface area contributed by atoms with Crippen molar-refractivity contribution in [3.05, 3.63) is 17.6 Å². The summed E-state index contributed by atoms with van der Waals surface area (Å²) < 4.78 is 5.60. The van der Waals surface area contributed by atoms with E-state index in [2.05, 4.69) is 30.8 Å². The van der Waals surface area contributed by atoms with Crippen molar-refractivity contribution in [1.29, 1.82) is 0 Å². The zero-order valence-corrected chi connectivity index (χ0v) is 11.2. The first-order valence-corrected chi connectivity index (χ1v) is 6.55. The molecular formula is C11H16BrN3O. The minimum atomic E-state index is 0.247. The molecule has 88 valence electrons. The van der Waals surface area contributed by atoms with Crippen molar-refractivity contribution in [3.63, 3.8) is 0 Å². The van der Waals surface area contributed by atoms with Gasteiger partial charge in [0.05, 0.1) is 30.3 Å². The predicted molar refractivity (Wildman–Crippen MR) is 67.3 cm³/mol. The highest BCUT2D eigenvalue weighted by atomic mass is 79.9. The Hall–Kier alpha value is -0.680. The summed E-state index contributed by atoms with van der Waals surface area (Å²) in [6, 6.07) is 0. The molecule has 1 fully saturated rings. The lowest BCUT2D eigenvalue weighted by Crippen LogP contribution is -2.43. The van der Waals surface area contributed by atoms with Gasteiger partial charge in [-0.25, -0.2) is 4.98 Å². The second-order valence-corrected chi connectivity index (χ2v) is 4.64. The van der Waals surface area contributed by atoms with E-state index in [9.17, 15) is 0 Å². The van der Waals surface area contributed by atoms with E-state index in [1.165, 1.54) is 0 Å². The fraction of sp³-hybridized carbons (Fsp3) is 0.636. The van der Waals surface area contributed by atoms with Crippen molar-refractivity contribution >= 4 is 21.7 Å². The minimum Gasteiger partial charge on any atom is -0.374 e. The standard InChI is InChI=1S/C11H16BrN3O/c1-8-9(2)14-11(6-13-8)15-3-4-16-10(5-12)7-15/h6,10H,3-5,7H2,1-2H3. The summed E-state index contributed by atoms with van der Waals surface area (Å²) in [5, 5.41) is 0.863. The van der Waals surface area contributed by atoms with Crippen molar-refractivity contribution < 1.29 is 4.74 Å². The first kappa shape index (κ1) is 11.8. The number of nitrogens with zero attached hydrogens (tertiary/aromatic N) is 3. The number of morpholine rings is 1. The zero-order valence-electron chi connectivity index (χ0n) is 9.61. The molecule has 1 unspecified atom stereocenters. The van der Waals surface area contributed by atoms with Crippen LogP contribution in [0.1, 0.15) is 11.4 Å². The molecule has 0 spiro atoms. The van der Waals surface area contributed by atoms with Crippen LogP contribution in [0, 0.1) is 13.8 Å². The monoisotopic (exact) mass is 285 g/mol. The number of ether oxygens (including phenoxy) is 1. The molecule has 2 heterocycles. The van der Waals surface area contributed by atoms with Crippen molar-refractivity contribution in [2.75, 3.05) is 29.9 Å². The number of aromatic nitrogens is 2. The number of rotatable bonds is 2. The van der Waals surface area contributed by atoms with Crippen LogP contribution in [0.2, 0.25) is 0 Å². The molecule has 1 aliphatic heterocycles. The van der Waals surface area contributed by atoms with Gasteiger partial charge in [-0.3, -0.25) is 4.98 Å². The number of anilines is 1. The molecule has 0 aliphatic carbocycles. The third-order valence-corrected chi connectivity index (χ3v) is 3.54. The average molecular weight is 286 g/mol. The summed E-state index contributed by atoms with van der Waals surface area (Å²) in [6.45, 7) is 6.49. The molecule has 0 saturated carbocycles. The Morgan fingerprint density at radius 2 is 2.31 bits per heavy atom. The van der Waals surface area contributed by atoms with Crippen LogP contribution in [0.15, 0.2) is 6.20 Å². The Balaban J connectivity index is 2.13. The molecule has 4 nitrogen and oxygen atoms in total. The third-order valence-electron chi connectivity index (χ3n) is 2.81. The van der Waals surface area contributed by atoms with Gasteiger partial charge in [-0.05, 0) is 13.8 Å². The lowest BCUT2D eigenvalue weighted by atomic mass is 10.3. The molecule has 1 aromatic heterocycles. The summed E-state index contributed by atoms with van der Waals surface area (Å²) in [5.74, 6) is 0.956. The number of alkyl halides is 1. The van der Waals surface area contributed by atoms with E-state index >= 15 is 0 Å². The predicted octanol–water partition coefficient (Wildman–Crippen LogP) is 1.69. The maximum Gasteiger partial charge on any atom is 0.147 e. The summed E-state index contributed by atoms with van der Waals surface area (Å²) >= 11 is 3.45. The first-order chi connectivity index (χ1) is 7.70. The van der Waals surface area contributed by atoms with Crippen LogP contribution in [0.5, 0.6) is 0 Å². The van der Waals surface area contributed by atoms with E-state index in [1.807, 2.05) is 20.0 Å². The fourth-order valence-electron chi connectivity index (χ4n) is 1.70. The molecular weight excluding hydrogens is 270 g/mol. The summed E-state index contributed by atoms with van der Waals surface area (Å²) in [5.41, 5.74) is 1.99. The molecule has 5 heteroatoms. The maximum atomic E-state index is 5.60. The SMILES string of the molecule is Cc1ncc(N2CCOC(CBr)C2)nc1C. The van der Waals surface area contributed by atoms with Gasteiger partial charge >= 0.3 is 0 Å². The van der Waals surface area contributed by atoms with Crippen LogP contribution in [-0.4, -0.2) is 41.1 Å². The normalized spacial score (nSPS) is 21.2. The van der Waals surface area contributed by atoms with Gasteiger partial charge in [0.2, 0.25) is 0 Å². The molecule has 0 bridgehead atoms. The van der Waals surface area contributed by atoms with E-state index in [0.717, 1.165) is 42.2 Å². The maximum absolute atomic E-state index is 5.60. The van der Waals surface area contributed by atoms with E-state index in [1.54, 1.807) is 0 Å². The van der Waals surface area contributed by atoms with Crippen molar-refractivity contribution in [2.24, 2.45) is 0 Å². The molecule has 0 amide bonds. The summed E-state index contributed by atoms with van der Waals surface area (Å²) in [6.07, 6.45) is 2.09. The highest BCUT2D eigenvalue weighted by molar-refractivity contribution is 9.09. The number of halogens is 1. The topological polar surface area (TPSA) is 38.2 Å². The smallest absolute Gasteiger partial charge is 0.147 e. The fourth-order valence-corrected chi connectivity index (χ4v) is 2.09. The van der Waals surface area contributed by atoms with Crippen LogP contribution in [0.25, 0.3) is 0 Å². The van der Waals surface area contributed by atoms with Gasteiger partial charge < -0.3 is 9.64 Å².